The number of hydrogen-bond acceptors (Lipinski definition) is 5. The van der Waals surface area contributed by atoms with Gasteiger partial charge < -0.3 is 10.1 Å². The van der Waals surface area contributed by atoms with Crippen molar-refractivity contribution in [3.8, 4) is 5.75 Å². The van der Waals surface area contributed by atoms with Crippen molar-refractivity contribution in [3.05, 3.63) is 53.1 Å². The highest BCUT2D eigenvalue weighted by Crippen LogP contribution is 2.34. The molecule has 0 spiro atoms. The summed E-state index contributed by atoms with van der Waals surface area (Å²) in [5.74, 6) is -0.466. The Morgan fingerprint density at radius 2 is 1.86 bits per heavy atom. The smallest absolute Gasteiger partial charge is 0.247 e. The number of ketones is 1. The number of carbonyl (C=O) groups excluding carboxylic acids is 2. The van der Waals surface area contributed by atoms with Crippen LogP contribution in [0.4, 0.5) is 11.4 Å². The number of carbonyl (C=O) groups is 2. The third kappa shape index (κ3) is 5.02. The number of hydrogen-bond donors (Lipinski definition) is 1. The average Bonchev–Trinajstić information content (AvgIpc) is 2.61. The predicted octanol–water partition coefficient (Wildman–Crippen LogP) is 3.34. The van der Waals surface area contributed by atoms with E-state index in [4.69, 9.17) is 16.3 Å². The second-order valence-electron chi connectivity index (χ2n) is 6.18. The van der Waals surface area contributed by atoms with Crippen LogP contribution in [0.5, 0.6) is 5.75 Å². The third-order valence-electron chi connectivity index (χ3n) is 4.00. The average molecular weight is 425 g/mol. The van der Waals surface area contributed by atoms with Crippen molar-refractivity contribution in [1.82, 2.24) is 0 Å². The van der Waals surface area contributed by atoms with Gasteiger partial charge in [-0.1, -0.05) is 23.7 Å². The molecule has 0 fully saturated rings. The molecule has 0 bridgehead atoms. The van der Waals surface area contributed by atoms with Gasteiger partial charge in [-0.15, -0.1) is 0 Å². The molecule has 7 nitrogen and oxygen atoms in total. The molecule has 1 atom stereocenters. The summed E-state index contributed by atoms with van der Waals surface area (Å²) in [4.78, 5) is 24.3. The van der Waals surface area contributed by atoms with Crippen LogP contribution in [0.3, 0.4) is 0 Å². The topological polar surface area (TPSA) is 92.8 Å². The van der Waals surface area contributed by atoms with E-state index in [1.54, 1.807) is 24.3 Å². The van der Waals surface area contributed by atoms with Crippen molar-refractivity contribution in [2.24, 2.45) is 0 Å². The van der Waals surface area contributed by atoms with E-state index < -0.39 is 22.0 Å². The molecule has 2 rings (SSSR count). The number of anilines is 2. The van der Waals surface area contributed by atoms with E-state index in [-0.39, 0.29) is 17.2 Å². The molecule has 2 aromatic rings. The lowest BCUT2D eigenvalue weighted by Crippen LogP contribution is -2.45. The van der Waals surface area contributed by atoms with Gasteiger partial charge in [0.2, 0.25) is 15.9 Å². The molecule has 28 heavy (non-hydrogen) atoms. The standard InChI is InChI=1S/C19H21ClN2O5S/c1-12(19(24)21-16-7-5-6-14(10-16)13(2)23)22(28(4,25)26)17-11-15(20)8-9-18(17)27-3/h5-12H,1-4H3,(H,21,24)/t12-/m1/s1. The van der Waals surface area contributed by atoms with E-state index in [0.717, 1.165) is 10.6 Å². The quantitative estimate of drug-likeness (QED) is 0.688. The summed E-state index contributed by atoms with van der Waals surface area (Å²) in [6.07, 6.45) is 0.994. The number of sulfonamides is 1. The molecule has 0 radical (unpaired) electrons. The minimum absolute atomic E-state index is 0.148. The maximum Gasteiger partial charge on any atom is 0.247 e. The second-order valence-corrected chi connectivity index (χ2v) is 8.47. The van der Waals surface area contributed by atoms with Gasteiger partial charge in [-0.3, -0.25) is 13.9 Å². The summed E-state index contributed by atoms with van der Waals surface area (Å²) in [7, 11) is -2.45. The molecule has 0 unspecified atom stereocenters. The lowest BCUT2D eigenvalue weighted by Gasteiger charge is -2.29. The second kappa shape index (κ2) is 8.62. The zero-order valence-electron chi connectivity index (χ0n) is 15.9. The third-order valence-corrected chi connectivity index (χ3v) is 5.47. The van der Waals surface area contributed by atoms with Crippen LogP contribution in [0.25, 0.3) is 0 Å². The van der Waals surface area contributed by atoms with Gasteiger partial charge in [0.25, 0.3) is 0 Å². The van der Waals surface area contributed by atoms with Crippen LogP contribution in [0.2, 0.25) is 5.02 Å². The van der Waals surface area contributed by atoms with Crippen molar-refractivity contribution < 1.29 is 22.7 Å². The normalized spacial score (nSPS) is 12.2. The fourth-order valence-corrected chi connectivity index (χ4v) is 4.02. The van der Waals surface area contributed by atoms with Crippen LogP contribution < -0.4 is 14.4 Å². The zero-order valence-corrected chi connectivity index (χ0v) is 17.5. The molecular weight excluding hydrogens is 404 g/mol. The number of methoxy groups -OCH3 is 1. The molecule has 0 heterocycles. The minimum atomic E-state index is -3.85. The number of nitrogens with one attached hydrogen (secondary N) is 1. The number of amides is 1. The fourth-order valence-electron chi connectivity index (χ4n) is 2.68. The molecule has 0 aliphatic heterocycles. The lowest BCUT2D eigenvalue weighted by molar-refractivity contribution is -0.116. The lowest BCUT2D eigenvalue weighted by atomic mass is 10.1. The largest absolute Gasteiger partial charge is 0.495 e. The fraction of sp³-hybridized carbons (Fsp3) is 0.263. The van der Waals surface area contributed by atoms with Crippen molar-refractivity contribution in [1.29, 1.82) is 0 Å². The molecular formula is C19H21ClN2O5S. The summed E-state index contributed by atoms with van der Waals surface area (Å²) in [6.45, 7) is 2.87. The van der Waals surface area contributed by atoms with Gasteiger partial charge in [-0.2, -0.15) is 0 Å². The molecule has 150 valence electrons. The maximum atomic E-state index is 12.8. The molecule has 9 heteroatoms. The molecule has 1 N–H and O–H groups in total. The summed E-state index contributed by atoms with van der Waals surface area (Å²) in [5.41, 5.74) is 0.968. The Labute approximate surface area is 169 Å². The predicted molar refractivity (Wildman–Crippen MR) is 110 cm³/mol. The number of halogens is 1. The molecule has 0 saturated heterocycles. The number of ether oxygens (including phenoxy) is 1. The Bertz CT molecular complexity index is 1010. The van der Waals surface area contributed by atoms with Crippen LogP contribution in [0.1, 0.15) is 24.2 Å². The summed E-state index contributed by atoms with van der Waals surface area (Å²) < 4.78 is 31.1. The summed E-state index contributed by atoms with van der Waals surface area (Å²) in [5, 5.41) is 2.94. The van der Waals surface area contributed by atoms with Crippen molar-refractivity contribution >= 4 is 44.7 Å². The highest BCUT2D eigenvalue weighted by atomic mass is 35.5. The molecule has 0 aliphatic carbocycles. The van der Waals surface area contributed by atoms with Crippen LogP contribution in [-0.4, -0.2) is 39.5 Å². The molecule has 1 amide bonds. The van der Waals surface area contributed by atoms with Crippen LogP contribution in [-0.2, 0) is 14.8 Å². The Hall–Kier alpha value is -2.58. The Morgan fingerprint density at radius 1 is 1.18 bits per heavy atom. The van der Waals surface area contributed by atoms with Crippen molar-refractivity contribution in [3.63, 3.8) is 0 Å². The number of rotatable bonds is 7. The molecule has 0 saturated carbocycles. The number of Topliss-reactive ketones (excluding diaryl/α,β-unsaturated/α-hetero) is 1. The molecule has 2 aromatic carbocycles. The monoisotopic (exact) mass is 424 g/mol. The van der Waals surface area contributed by atoms with E-state index in [9.17, 15) is 18.0 Å². The van der Waals surface area contributed by atoms with Crippen molar-refractivity contribution in [2.75, 3.05) is 23.0 Å². The van der Waals surface area contributed by atoms with Gasteiger partial charge in [0.15, 0.2) is 5.78 Å². The number of benzene rings is 2. The van der Waals surface area contributed by atoms with Crippen LogP contribution in [0.15, 0.2) is 42.5 Å². The van der Waals surface area contributed by atoms with Gasteiger partial charge >= 0.3 is 0 Å². The Morgan fingerprint density at radius 3 is 2.43 bits per heavy atom. The van der Waals surface area contributed by atoms with E-state index in [2.05, 4.69) is 5.32 Å². The van der Waals surface area contributed by atoms with Crippen molar-refractivity contribution in [2.45, 2.75) is 19.9 Å². The first-order chi connectivity index (χ1) is 13.0. The highest BCUT2D eigenvalue weighted by molar-refractivity contribution is 7.92. The first-order valence-electron chi connectivity index (χ1n) is 8.29. The van der Waals surface area contributed by atoms with E-state index in [1.807, 2.05) is 0 Å². The highest BCUT2D eigenvalue weighted by Gasteiger charge is 2.31. The summed E-state index contributed by atoms with van der Waals surface area (Å²) in [6, 6.07) is 9.79. The van der Waals surface area contributed by atoms with E-state index in [1.165, 1.54) is 39.2 Å². The van der Waals surface area contributed by atoms with Crippen LogP contribution in [0, 0.1) is 0 Å². The Balaban J connectivity index is 2.40. The Kier molecular flexibility index (Phi) is 6.69. The molecule has 0 aliphatic rings. The van der Waals surface area contributed by atoms with E-state index >= 15 is 0 Å². The zero-order chi connectivity index (χ0) is 21.1. The van der Waals surface area contributed by atoms with Gasteiger partial charge in [-0.05, 0) is 44.2 Å². The van der Waals surface area contributed by atoms with Gasteiger partial charge in [-0.25, -0.2) is 8.42 Å². The molecule has 0 aromatic heterocycles. The van der Waals surface area contributed by atoms with E-state index in [0.29, 0.717) is 16.3 Å². The van der Waals surface area contributed by atoms with Gasteiger partial charge in [0, 0.05) is 16.3 Å². The maximum absolute atomic E-state index is 12.8. The van der Waals surface area contributed by atoms with Gasteiger partial charge in [0.05, 0.1) is 19.1 Å². The van der Waals surface area contributed by atoms with Crippen LogP contribution >= 0.6 is 11.6 Å². The minimum Gasteiger partial charge on any atom is -0.495 e. The summed E-state index contributed by atoms with van der Waals surface area (Å²) >= 11 is 6.02. The SMILES string of the molecule is COc1ccc(Cl)cc1N([C@H](C)C(=O)Nc1cccc(C(C)=O)c1)S(C)(=O)=O. The first-order valence-corrected chi connectivity index (χ1v) is 10.5. The van der Waals surface area contributed by atoms with Gasteiger partial charge in [0.1, 0.15) is 11.8 Å². The first kappa shape index (κ1) is 21.7. The number of nitrogens with zero attached hydrogens (tertiary/aromatic N) is 1.